The highest BCUT2D eigenvalue weighted by molar-refractivity contribution is 5.91. The van der Waals surface area contributed by atoms with Crippen LogP contribution in [0.3, 0.4) is 0 Å². The molecule has 0 atom stereocenters. The van der Waals surface area contributed by atoms with Gasteiger partial charge in [-0.05, 0) is 68.0 Å². The molecular formula is C36H45N5O4. The molecule has 3 aromatic carbocycles. The first-order valence-electron chi connectivity index (χ1n) is 16.1. The number of nitrogens with zero attached hydrogens (tertiary/aromatic N) is 2. The number of anilines is 1. The van der Waals surface area contributed by atoms with Gasteiger partial charge in [0.1, 0.15) is 6.10 Å². The van der Waals surface area contributed by atoms with E-state index < -0.39 is 6.09 Å². The van der Waals surface area contributed by atoms with E-state index in [4.69, 9.17) is 10.5 Å². The number of nitrogens with one attached hydrogen (secondary N) is 2. The molecule has 0 radical (unpaired) electrons. The highest BCUT2D eigenvalue weighted by Crippen LogP contribution is 2.28. The first kappa shape index (κ1) is 32.2. The molecule has 0 aromatic heterocycles. The van der Waals surface area contributed by atoms with E-state index in [9.17, 15) is 14.4 Å². The fourth-order valence-corrected chi connectivity index (χ4v) is 6.15. The van der Waals surface area contributed by atoms with Crippen molar-refractivity contribution >= 4 is 23.6 Å². The van der Waals surface area contributed by atoms with Crippen LogP contribution in [0, 0.1) is 5.92 Å². The van der Waals surface area contributed by atoms with Crippen LogP contribution in [0.4, 0.5) is 10.5 Å². The summed E-state index contributed by atoms with van der Waals surface area (Å²) >= 11 is 0. The summed E-state index contributed by atoms with van der Waals surface area (Å²) in [5.41, 5.74) is 10.6. The molecule has 3 amide bonds. The van der Waals surface area contributed by atoms with Crippen LogP contribution in [0.5, 0.6) is 0 Å². The van der Waals surface area contributed by atoms with Gasteiger partial charge in [0, 0.05) is 50.6 Å². The second-order valence-corrected chi connectivity index (χ2v) is 12.1. The summed E-state index contributed by atoms with van der Waals surface area (Å²) in [5.74, 6) is -0.114. The average Bonchev–Trinajstić information content (AvgIpc) is 3.06. The quantitative estimate of drug-likeness (QED) is 0.271. The van der Waals surface area contributed by atoms with Crippen molar-refractivity contribution in [2.24, 2.45) is 11.7 Å². The Morgan fingerprint density at radius 1 is 0.778 bits per heavy atom. The summed E-state index contributed by atoms with van der Waals surface area (Å²) in [5, 5.41) is 5.98. The van der Waals surface area contributed by atoms with Gasteiger partial charge in [-0.1, -0.05) is 72.8 Å². The number of benzene rings is 3. The van der Waals surface area contributed by atoms with E-state index in [0.717, 1.165) is 87.3 Å². The predicted octanol–water partition coefficient (Wildman–Crippen LogP) is 4.81. The number of carbonyl (C=O) groups excluding carboxylic acids is 3. The number of rotatable bonds is 12. The van der Waals surface area contributed by atoms with Crippen LogP contribution in [0.15, 0.2) is 78.9 Å². The second-order valence-electron chi connectivity index (χ2n) is 12.1. The van der Waals surface area contributed by atoms with Crippen LogP contribution in [0.2, 0.25) is 0 Å². The lowest BCUT2D eigenvalue weighted by molar-refractivity contribution is -0.123. The Morgan fingerprint density at radius 2 is 1.42 bits per heavy atom. The molecule has 0 aliphatic carbocycles. The maximum absolute atomic E-state index is 12.7. The minimum absolute atomic E-state index is 0.0108. The first-order valence-corrected chi connectivity index (χ1v) is 16.1. The van der Waals surface area contributed by atoms with E-state index in [0.29, 0.717) is 19.4 Å². The van der Waals surface area contributed by atoms with Crippen LogP contribution in [0.25, 0.3) is 11.1 Å². The van der Waals surface area contributed by atoms with Crippen LogP contribution in [0.1, 0.15) is 43.2 Å². The predicted molar refractivity (Wildman–Crippen MR) is 176 cm³/mol. The van der Waals surface area contributed by atoms with Crippen molar-refractivity contribution in [1.82, 2.24) is 15.1 Å². The monoisotopic (exact) mass is 611 g/mol. The number of nitrogens with two attached hydrogens (primary N) is 1. The Hall–Kier alpha value is -4.21. The number of hydrogen-bond donors (Lipinski definition) is 3. The standard InChI is InChI=1S/C36H45N5O4/c37-35(43)30-16-21-41(22-17-30)26-28-12-10-27(11-13-28)14-15-34(42)38-20-25-40-23-18-31(19-24-40)45-36(44)39-33-9-5-4-8-32(33)29-6-2-1-3-7-29/h1-13,30-31H,14-26H2,(H2,37,43)(H,38,42)(H,39,44). The molecular weight excluding hydrogens is 566 g/mol. The number of para-hydroxylation sites is 1. The third kappa shape index (κ3) is 9.89. The van der Waals surface area contributed by atoms with Gasteiger partial charge in [0.2, 0.25) is 11.8 Å². The Kier molecular flexibility index (Phi) is 11.6. The lowest BCUT2D eigenvalue weighted by Crippen LogP contribution is -2.42. The highest BCUT2D eigenvalue weighted by Gasteiger charge is 2.24. The highest BCUT2D eigenvalue weighted by atomic mass is 16.6. The van der Waals surface area contributed by atoms with Crippen molar-refractivity contribution in [3.05, 3.63) is 90.0 Å². The second kappa shape index (κ2) is 16.2. The van der Waals surface area contributed by atoms with E-state index in [2.05, 4.69) is 44.7 Å². The van der Waals surface area contributed by atoms with Crippen LogP contribution in [-0.4, -0.2) is 73.1 Å². The lowest BCUT2D eigenvalue weighted by atomic mass is 9.96. The maximum Gasteiger partial charge on any atom is 0.411 e. The lowest BCUT2D eigenvalue weighted by Gasteiger charge is -2.31. The molecule has 3 aromatic rings. The smallest absolute Gasteiger partial charge is 0.411 e. The summed E-state index contributed by atoms with van der Waals surface area (Å²) in [6.45, 7) is 5.68. The van der Waals surface area contributed by atoms with Gasteiger partial charge in [-0.25, -0.2) is 4.79 Å². The Labute approximate surface area is 266 Å². The molecule has 2 aliphatic heterocycles. The van der Waals surface area contributed by atoms with Gasteiger partial charge >= 0.3 is 6.09 Å². The number of ether oxygens (including phenoxy) is 1. The summed E-state index contributed by atoms with van der Waals surface area (Å²) in [4.78, 5) is 41.2. The Balaban J connectivity index is 0.941. The molecule has 5 rings (SSSR count). The summed E-state index contributed by atoms with van der Waals surface area (Å²) in [7, 11) is 0. The SMILES string of the molecule is NC(=O)C1CCN(Cc2ccc(CCC(=O)NCCN3CCC(OC(=O)Nc4ccccc4-c4ccccc4)CC3)cc2)CC1. The number of amides is 3. The fourth-order valence-electron chi connectivity index (χ4n) is 6.15. The molecule has 45 heavy (non-hydrogen) atoms. The van der Waals surface area contributed by atoms with Gasteiger partial charge < -0.3 is 20.7 Å². The molecule has 9 nitrogen and oxygen atoms in total. The van der Waals surface area contributed by atoms with Crippen LogP contribution < -0.4 is 16.4 Å². The van der Waals surface area contributed by atoms with Crippen LogP contribution >= 0.6 is 0 Å². The maximum atomic E-state index is 12.7. The Bertz CT molecular complexity index is 1400. The van der Waals surface area contributed by atoms with Crippen molar-refractivity contribution < 1.29 is 19.1 Å². The summed E-state index contributed by atoms with van der Waals surface area (Å²) in [6, 6.07) is 26.2. The van der Waals surface area contributed by atoms with E-state index in [-0.39, 0.29) is 23.8 Å². The number of primary amides is 1. The van der Waals surface area contributed by atoms with Crippen molar-refractivity contribution in [2.45, 2.75) is 51.2 Å². The minimum Gasteiger partial charge on any atom is -0.446 e. The molecule has 238 valence electrons. The average molecular weight is 612 g/mol. The molecule has 4 N–H and O–H groups in total. The van der Waals surface area contributed by atoms with Gasteiger partial charge in [0.25, 0.3) is 0 Å². The molecule has 0 saturated carbocycles. The molecule has 2 heterocycles. The van der Waals surface area contributed by atoms with E-state index in [1.54, 1.807) is 0 Å². The molecule has 2 saturated heterocycles. The number of likely N-dealkylation sites (tertiary alicyclic amines) is 2. The topological polar surface area (TPSA) is 117 Å². The third-order valence-corrected chi connectivity index (χ3v) is 8.87. The van der Waals surface area contributed by atoms with Gasteiger partial charge in [-0.15, -0.1) is 0 Å². The summed E-state index contributed by atoms with van der Waals surface area (Å²) < 4.78 is 5.74. The van der Waals surface area contributed by atoms with Gasteiger partial charge in [0.05, 0.1) is 5.69 Å². The minimum atomic E-state index is -0.430. The normalized spacial score (nSPS) is 16.6. The van der Waals surface area contributed by atoms with Crippen molar-refractivity contribution in [3.63, 3.8) is 0 Å². The van der Waals surface area contributed by atoms with Crippen LogP contribution in [-0.2, 0) is 27.3 Å². The zero-order valence-electron chi connectivity index (χ0n) is 26.0. The summed E-state index contributed by atoms with van der Waals surface area (Å²) in [6.07, 6.45) is 3.81. The fraction of sp³-hybridized carbons (Fsp3) is 0.417. The van der Waals surface area contributed by atoms with Crippen molar-refractivity contribution in [3.8, 4) is 11.1 Å². The van der Waals surface area contributed by atoms with E-state index in [1.807, 2.05) is 54.6 Å². The van der Waals surface area contributed by atoms with E-state index in [1.165, 1.54) is 5.56 Å². The Morgan fingerprint density at radius 3 is 2.13 bits per heavy atom. The van der Waals surface area contributed by atoms with Gasteiger partial charge in [-0.3, -0.25) is 19.8 Å². The third-order valence-electron chi connectivity index (χ3n) is 8.87. The van der Waals surface area contributed by atoms with Gasteiger partial charge in [-0.2, -0.15) is 0 Å². The molecule has 2 fully saturated rings. The first-order chi connectivity index (χ1) is 21.9. The molecule has 0 spiro atoms. The number of piperidine rings is 2. The molecule has 9 heteroatoms. The van der Waals surface area contributed by atoms with Crippen molar-refractivity contribution in [1.29, 1.82) is 0 Å². The molecule has 2 aliphatic rings. The zero-order chi connectivity index (χ0) is 31.4. The largest absolute Gasteiger partial charge is 0.446 e. The van der Waals surface area contributed by atoms with Crippen molar-refractivity contribution in [2.75, 3.05) is 44.6 Å². The molecule has 0 bridgehead atoms. The number of carbonyl (C=O) groups is 3. The van der Waals surface area contributed by atoms with E-state index >= 15 is 0 Å². The van der Waals surface area contributed by atoms with Gasteiger partial charge in [0.15, 0.2) is 0 Å². The number of aryl methyl sites for hydroxylation is 1. The molecule has 0 unspecified atom stereocenters. The number of hydrogen-bond acceptors (Lipinski definition) is 6. The zero-order valence-corrected chi connectivity index (χ0v) is 26.0.